The average molecular weight is 673 g/mol. The molecule has 7 rings (SSSR count). The van der Waals surface area contributed by atoms with Crippen molar-refractivity contribution in [1.82, 2.24) is 14.4 Å². The predicted octanol–water partition coefficient (Wildman–Crippen LogP) is 7.10. The molecule has 4 heterocycles. The molecule has 1 atom stereocenters. The van der Waals surface area contributed by atoms with Crippen LogP contribution in [0.1, 0.15) is 63.4 Å². The van der Waals surface area contributed by atoms with Crippen molar-refractivity contribution in [3.63, 3.8) is 0 Å². The molecule has 256 valence electrons. The Balaban J connectivity index is 1.24. The molecule has 3 aromatic carbocycles. The van der Waals surface area contributed by atoms with Crippen molar-refractivity contribution in [2.45, 2.75) is 51.0 Å². The molecule has 1 aromatic heterocycles. The first-order chi connectivity index (χ1) is 23.7. The summed E-state index contributed by atoms with van der Waals surface area (Å²) in [5.74, 6) is -0.185. The Labute approximate surface area is 283 Å². The summed E-state index contributed by atoms with van der Waals surface area (Å²) in [5.41, 5.74) is 2.32. The maximum atomic E-state index is 14.5. The Morgan fingerprint density at radius 1 is 0.796 bits per heavy atom. The van der Waals surface area contributed by atoms with Gasteiger partial charge in [-0.05, 0) is 86.3 Å². The van der Waals surface area contributed by atoms with E-state index in [4.69, 9.17) is 9.47 Å². The van der Waals surface area contributed by atoms with Crippen LogP contribution in [-0.4, -0.2) is 72.6 Å². The van der Waals surface area contributed by atoms with E-state index in [1.807, 2.05) is 45.9 Å². The number of amides is 2. The van der Waals surface area contributed by atoms with Crippen molar-refractivity contribution in [1.29, 1.82) is 0 Å². The van der Waals surface area contributed by atoms with Gasteiger partial charge in [0.2, 0.25) is 0 Å². The maximum absolute atomic E-state index is 14.5. The summed E-state index contributed by atoms with van der Waals surface area (Å²) in [7, 11) is 2.74. The topological polar surface area (TPSA) is 67.2 Å². The number of aromatic nitrogens is 1. The highest BCUT2D eigenvalue weighted by molar-refractivity contribution is 6.09. The highest BCUT2D eigenvalue weighted by Crippen LogP contribution is 2.43. The summed E-state index contributed by atoms with van der Waals surface area (Å²) >= 11 is 0. The Hall–Kier alpha value is -4.77. The number of benzene rings is 3. The van der Waals surface area contributed by atoms with E-state index in [0.29, 0.717) is 17.9 Å². The van der Waals surface area contributed by atoms with Crippen molar-refractivity contribution >= 4 is 17.5 Å². The third-order valence-corrected chi connectivity index (χ3v) is 10.0. The van der Waals surface area contributed by atoms with Crippen LogP contribution in [0.5, 0.6) is 11.5 Å². The van der Waals surface area contributed by atoms with Gasteiger partial charge in [0.05, 0.1) is 38.4 Å². The summed E-state index contributed by atoms with van der Waals surface area (Å²) in [6.45, 7) is 4.37. The van der Waals surface area contributed by atoms with E-state index >= 15 is 0 Å². The summed E-state index contributed by atoms with van der Waals surface area (Å²) in [5, 5.41) is 0. The van der Waals surface area contributed by atoms with E-state index < -0.39 is 17.6 Å². The molecule has 2 fully saturated rings. The van der Waals surface area contributed by atoms with Crippen LogP contribution in [0, 0.1) is 0 Å². The van der Waals surface area contributed by atoms with Gasteiger partial charge in [0.25, 0.3) is 11.8 Å². The third-order valence-electron chi connectivity index (χ3n) is 10.0. The van der Waals surface area contributed by atoms with Crippen LogP contribution in [0.15, 0.2) is 72.8 Å². The van der Waals surface area contributed by atoms with Crippen LogP contribution in [0.3, 0.4) is 0 Å². The largest absolute Gasteiger partial charge is 0.496 e. The number of rotatable bonds is 7. The van der Waals surface area contributed by atoms with Gasteiger partial charge in [-0.25, -0.2) is 0 Å². The van der Waals surface area contributed by atoms with Crippen molar-refractivity contribution < 1.29 is 32.2 Å². The van der Waals surface area contributed by atoms with Crippen LogP contribution >= 0.6 is 0 Å². The third kappa shape index (κ3) is 6.16. The molecule has 1 unspecified atom stereocenters. The zero-order valence-electron chi connectivity index (χ0n) is 27.6. The van der Waals surface area contributed by atoms with Crippen LogP contribution in [0.2, 0.25) is 0 Å². The number of hydrogen-bond acceptors (Lipinski definition) is 5. The van der Waals surface area contributed by atoms with Crippen LogP contribution in [0.4, 0.5) is 18.9 Å². The minimum atomic E-state index is -4.60. The van der Waals surface area contributed by atoms with Gasteiger partial charge in [-0.2, -0.15) is 13.2 Å². The highest BCUT2D eigenvalue weighted by atomic mass is 19.4. The quantitative estimate of drug-likeness (QED) is 0.210. The lowest BCUT2D eigenvalue weighted by molar-refractivity contribution is -0.137. The van der Waals surface area contributed by atoms with E-state index in [1.165, 1.54) is 57.4 Å². The number of alkyl halides is 3. The van der Waals surface area contributed by atoms with E-state index in [1.54, 1.807) is 4.90 Å². The molecule has 0 bridgehead atoms. The Bertz CT molecular complexity index is 1880. The number of halogens is 3. The first-order valence-corrected chi connectivity index (χ1v) is 16.7. The minimum Gasteiger partial charge on any atom is -0.496 e. The zero-order chi connectivity index (χ0) is 34.3. The molecule has 0 radical (unpaired) electrons. The Morgan fingerprint density at radius 2 is 1.53 bits per heavy atom. The fourth-order valence-electron chi connectivity index (χ4n) is 7.62. The number of hydrogen-bond donors (Lipinski definition) is 0. The van der Waals surface area contributed by atoms with Crippen molar-refractivity contribution in [2.75, 3.05) is 45.3 Å². The monoisotopic (exact) mass is 672 g/mol. The van der Waals surface area contributed by atoms with Crippen molar-refractivity contribution in [2.24, 2.45) is 0 Å². The van der Waals surface area contributed by atoms with E-state index in [0.717, 1.165) is 56.3 Å². The van der Waals surface area contributed by atoms with Gasteiger partial charge in [0.15, 0.2) is 0 Å². The van der Waals surface area contributed by atoms with E-state index in [9.17, 15) is 22.8 Å². The molecule has 2 saturated heterocycles. The second kappa shape index (κ2) is 13.3. The summed E-state index contributed by atoms with van der Waals surface area (Å²) in [6, 6.07) is 19.6. The number of para-hydroxylation sites is 1. The fraction of sp³-hybridized carbons (Fsp3) is 0.368. The number of likely N-dealkylation sites (tertiary alicyclic amines) is 2. The molecule has 3 aliphatic heterocycles. The first-order valence-electron chi connectivity index (χ1n) is 16.7. The number of ether oxygens (including phenoxy) is 2. The van der Waals surface area contributed by atoms with Crippen LogP contribution in [0.25, 0.3) is 11.1 Å². The van der Waals surface area contributed by atoms with Gasteiger partial charge in [0, 0.05) is 36.1 Å². The summed E-state index contributed by atoms with van der Waals surface area (Å²) in [4.78, 5) is 34.8. The highest BCUT2D eigenvalue weighted by Gasteiger charge is 2.37. The number of methoxy groups -OCH3 is 2. The first kappa shape index (κ1) is 32.8. The fourth-order valence-corrected chi connectivity index (χ4v) is 7.62. The second-order valence-corrected chi connectivity index (χ2v) is 12.9. The lowest BCUT2D eigenvalue weighted by atomic mass is 9.96. The second-order valence-electron chi connectivity index (χ2n) is 12.9. The molecule has 8 nitrogen and oxygen atoms in total. The van der Waals surface area contributed by atoms with Gasteiger partial charge >= 0.3 is 6.18 Å². The number of anilines is 1. The number of nitrogens with zero attached hydrogens (tertiary/aromatic N) is 4. The molecule has 49 heavy (non-hydrogen) atoms. The van der Waals surface area contributed by atoms with Gasteiger partial charge < -0.3 is 28.7 Å². The number of carbonyl (C=O) groups is 2. The lowest BCUT2D eigenvalue weighted by Gasteiger charge is -2.29. The van der Waals surface area contributed by atoms with Crippen LogP contribution < -0.4 is 14.4 Å². The van der Waals surface area contributed by atoms with E-state index in [2.05, 4.69) is 4.90 Å². The Kier molecular flexibility index (Phi) is 8.87. The molecule has 0 saturated carbocycles. The molecule has 0 spiro atoms. The van der Waals surface area contributed by atoms with Crippen LogP contribution in [-0.2, 0) is 19.3 Å². The zero-order valence-corrected chi connectivity index (χ0v) is 27.6. The predicted molar refractivity (Wildman–Crippen MR) is 180 cm³/mol. The summed E-state index contributed by atoms with van der Waals surface area (Å²) in [6.07, 6.45) is -0.216. The molecule has 2 amide bonds. The molecular weight excluding hydrogens is 633 g/mol. The van der Waals surface area contributed by atoms with Gasteiger partial charge in [-0.1, -0.05) is 36.4 Å². The van der Waals surface area contributed by atoms with Crippen molar-refractivity contribution in [3.05, 3.63) is 101 Å². The summed E-state index contributed by atoms with van der Waals surface area (Å²) < 4.78 is 55.2. The average Bonchev–Trinajstić information content (AvgIpc) is 3.87. The normalized spacial score (nSPS) is 17.9. The molecular formula is C38H39F3N4O4. The SMILES string of the molecule is COc1cc(-c2ccccc2C(F)(F)F)c(OC)cc1C(=O)N1Cc2ccc(C(=O)N3CCCC3CN3CCCC3)n2Cc2ccccc21. The molecule has 3 aliphatic rings. The Morgan fingerprint density at radius 3 is 2.29 bits per heavy atom. The standard InChI is InChI=1S/C38H39F3N4O4/c1-48-34-21-30(35(49-2)20-29(34)28-12-4-5-13-31(28)38(39,40)41)36(46)45-24-27-15-16-33(44(27)22-25-10-3-6-14-32(25)45)37(47)43-19-9-11-26(43)23-42-17-7-8-18-42/h3-6,10,12-16,20-21,26H,7-9,11,17-19,22-24H2,1-2H3. The lowest BCUT2D eigenvalue weighted by Crippen LogP contribution is -2.43. The van der Waals surface area contributed by atoms with Gasteiger partial charge in [-0.15, -0.1) is 0 Å². The number of carbonyl (C=O) groups excluding carboxylic acids is 2. The molecule has 11 heteroatoms. The van der Waals surface area contributed by atoms with Gasteiger partial charge in [0.1, 0.15) is 17.2 Å². The van der Waals surface area contributed by atoms with Gasteiger partial charge in [-0.3, -0.25) is 9.59 Å². The molecule has 0 aliphatic carbocycles. The maximum Gasteiger partial charge on any atom is 0.417 e. The van der Waals surface area contributed by atoms with Crippen molar-refractivity contribution in [3.8, 4) is 22.6 Å². The van der Waals surface area contributed by atoms with E-state index in [-0.39, 0.29) is 46.7 Å². The molecule has 0 N–H and O–H groups in total. The minimum absolute atomic E-state index is 0.00587. The number of fused-ring (bicyclic) bond motifs is 2. The smallest absolute Gasteiger partial charge is 0.417 e. The molecule has 4 aromatic rings.